The molecule has 0 unspecified atom stereocenters. The Bertz CT molecular complexity index is 688. The van der Waals surface area contributed by atoms with E-state index in [1.165, 1.54) is 11.3 Å². The van der Waals surface area contributed by atoms with E-state index >= 15 is 0 Å². The van der Waals surface area contributed by atoms with Crippen LogP contribution in [0, 0.1) is 0 Å². The molecule has 2 rings (SSSR count). The van der Waals surface area contributed by atoms with Crippen molar-refractivity contribution >= 4 is 52.9 Å². The van der Waals surface area contributed by atoms with Crippen molar-refractivity contribution in [2.45, 2.75) is 26.4 Å². The van der Waals surface area contributed by atoms with Crippen molar-refractivity contribution in [1.29, 1.82) is 0 Å². The topological polar surface area (TPSA) is 88.7 Å². The molecule has 26 heavy (non-hydrogen) atoms. The molecule has 0 aliphatic rings. The summed E-state index contributed by atoms with van der Waals surface area (Å²) in [6.07, 6.45) is 0.867. The summed E-state index contributed by atoms with van der Waals surface area (Å²) in [5, 5.41) is 7.77. The van der Waals surface area contributed by atoms with Gasteiger partial charge in [0.1, 0.15) is 5.75 Å². The maximum atomic E-state index is 11.8. The Balaban J connectivity index is 0.00000338. The predicted octanol–water partition coefficient (Wildman–Crippen LogP) is 3.70. The van der Waals surface area contributed by atoms with Gasteiger partial charge in [-0.05, 0) is 56.0 Å². The number of hydrogen-bond acceptors (Lipinski definition) is 4. The molecule has 0 radical (unpaired) electrons. The van der Waals surface area contributed by atoms with Crippen molar-refractivity contribution in [1.82, 2.24) is 5.32 Å². The van der Waals surface area contributed by atoms with E-state index in [2.05, 4.69) is 15.6 Å². The number of ether oxygens (including phenoxy) is 1. The highest BCUT2D eigenvalue weighted by Gasteiger charge is 2.04. The minimum atomic E-state index is -0.0474. The number of aliphatic imine (C=N–C) groups is 1. The number of benzene rings is 1. The van der Waals surface area contributed by atoms with Crippen molar-refractivity contribution in [3.05, 3.63) is 46.7 Å². The quantitative estimate of drug-likeness (QED) is 0.229. The van der Waals surface area contributed by atoms with Crippen LogP contribution in [0.1, 0.15) is 29.9 Å². The zero-order chi connectivity index (χ0) is 18.1. The number of thiophene rings is 1. The van der Waals surface area contributed by atoms with Crippen LogP contribution in [0.4, 0.5) is 5.69 Å². The molecule has 0 atom stereocenters. The van der Waals surface area contributed by atoms with E-state index in [9.17, 15) is 4.79 Å². The number of halogens is 1. The Morgan fingerprint density at radius 3 is 2.62 bits per heavy atom. The Morgan fingerprint density at radius 1 is 1.27 bits per heavy atom. The number of carbonyl (C=O) groups excluding carboxylic acids is 1. The number of guanidine groups is 1. The number of carbonyl (C=O) groups is 1. The van der Waals surface area contributed by atoms with Gasteiger partial charge in [-0.3, -0.25) is 9.79 Å². The van der Waals surface area contributed by atoms with Crippen molar-refractivity contribution in [2.24, 2.45) is 10.7 Å². The first kappa shape index (κ1) is 22.2. The Kier molecular flexibility index (Phi) is 10.0. The molecule has 0 spiro atoms. The highest BCUT2D eigenvalue weighted by Crippen LogP contribution is 2.16. The normalized spacial score (nSPS) is 11.0. The molecule has 6 nitrogen and oxygen atoms in total. The molecule has 142 valence electrons. The highest BCUT2D eigenvalue weighted by molar-refractivity contribution is 14.0. The third-order valence-corrected chi connectivity index (χ3v) is 4.01. The molecule has 0 fully saturated rings. The van der Waals surface area contributed by atoms with Gasteiger partial charge in [0, 0.05) is 18.8 Å². The third-order valence-electron chi connectivity index (χ3n) is 3.15. The number of nitrogens with zero attached hydrogens (tertiary/aromatic N) is 1. The lowest BCUT2D eigenvalue weighted by atomic mass is 10.3. The van der Waals surface area contributed by atoms with Crippen molar-refractivity contribution < 1.29 is 9.53 Å². The smallest absolute Gasteiger partial charge is 0.261 e. The fourth-order valence-electron chi connectivity index (χ4n) is 2.05. The second kappa shape index (κ2) is 11.7. The summed E-state index contributed by atoms with van der Waals surface area (Å²) >= 11 is 1.43. The first-order chi connectivity index (χ1) is 12.0. The van der Waals surface area contributed by atoms with Crippen LogP contribution in [0.2, 0.25) is 0 Å². The summed E-state index contributed by atoms with van der Waals surface area (Å²) in [5.74, 6) is 1.12. The maximum Gasteiger partial charge on any atom is 0.261 e. The van der Waals surface area contributed by atoms with E-state index in [4.69, 9.17) is 10.5 Å². The number of anilines is 1. The first-order valence-corrected chi connectivity index (χ1v) is 9.08. The Morgan fingerprint density at radius 2 is 2.00 bits per heavy atom. The molecule has 0 bridgehead atoms. The number of rotatable bonds is 8. The molecule has 0 saturated heterocycles. The number of hydrogen-bond donors (Lipinski definition) is 3. The van der Waals surface area contributed by atoms with E-state index in [-0.39, 0.29) is 36.0 Å². The van der Waals surface area contributed by atoms with Crippen LogP contribution in [0.25, 0.3) is 0 Å². The molecule has 1 aromatic heterocycles. The van der Waals surface area contributed by atoms with Gasteiger partial charge in [-0.25, -0.2) is 0 Å². The summed E-state index contributed by atoms with van der Waals surface area (Å²) in [6.45, 7) is 5.08. The van der Waals surface area contributed by atoms with Crippen LogP contribution < -0.4 is 21.1 Å². The fraction of sp³-hybridized carbons (Fsp3) is 0.333. The lowest BCUT2D eigenvalue weighted by Crippen LogP contribution is -2.25. The average molecular weight is 488 g/mol. The Labute approximate surface area is 175 Å². The summed E-state index contributed by atoms with van der Waals surface area (Å²) < 4.78 is 5.59. The van der Waals surface area contributed by atoms with E-state index in [0.717, 1.165) is 22.7 Å². The molecule has 1 amide bonds. The largest absolute Gasteiger partial charge is 0.491 e. The van der Waals surface area contributed by atoms with Gasteiger partial charge >= 0.3 is 0 Å². The Hall–Kier alpha value is -1.81. The van der Waals surface area contributed by atoms with Crippen LogP contribution >= 0.6 is 35.3 Å². The van der Waals surface area contributed by atoms with E-state index < -0.39 is 0 Å². The monoisotopic (exact) mass is 488 g/mol. The molecule has 0 saturated carbocycles. The van der Waals surface area contributed by atoms with Gasteiger partial charge in [0.15, 0.2) is 5.96 Å². The molecule has 1 aromatic carbocycles. The summed E-state index contributed by atoms with van der Waals surface area (Å²) in [6, 6.07) is 11.2. The standard InChI is InChI=1S/C18H24N4O2S.HI/c1-13(2)24-15-8-6-14(7-9-15)22-18(19)21-11-4-10-20-17(23)16-5-3-12-25-16;/h3,5-9,12-13H,4,10-11H2,1-2H3,(H,20,23)(H3,19,21,22);1H. The van der Waals surface area contributed by atoms with Gasteiger partial charge in [-0.1, -0.05) is 6.07 Å². The van der Waals surface area contributed by atoms with Crippen LogP contribution in [0.3, 0.4) is 0 Å². The van der Waals surface area contributed by atoms with Crippen molar-refractivity contribution in [3.8, 4) is 5.75 Å². The van der Waals surface area contributed by atoms with Gasteiger partial charge in [-0.15, -0.1) is 35.3 Å². The molecule has 0 aliphatic heterocycles. The SMILES string of the molecule is CC(C)Oc1ccc(NC(N)=NCCCNC(=O)c2cccs2)cc1.I. The van der Waals surface area contributed by atoms with Gasteiger partial charge in [0.05, 0.1) is 11.0 Å². The molecule has 0 aliphatic carbocycles. The molecular formula is C18H25IN4O2S. The molecule has 1 heterocycles. The fourth-order valence-corrected chi connectivity index (χ4v) is 2.69. The molecule has 4 N–H and O–H groups in total. The molecular weight excluding hydrogens is 463 g/mol. The van der Waals surface area contributed by atoms with Crippen LogP contribution in [-0.2, 0) is 0 Å². The second-order valence-electron chi connectivity index (χ2n) is 5.67. The minimum absolute atomic E-state index is 0. The average Bonchev–Trinajstić information content (AvgIpc) is 3.10. The van der Waals surface area contributed by atoms with Crippen LogP contribution in [-0.4, -0.2) is 31.1 Å². The molecule has 8 heteroatoms. The van der Waals surface area contributed by atoms with Gasteiger partial charge in [-0.2, -0.15) is 0 Å². The first-order valence-electron chi connectivity index (χ1n) is 8.20. The lowest BCUT2D eigenvalue weighted by molar-refractivity contribution is 0.0957. The molecule has 2 aromatic rings. The minimum Gasteiger partial charge on any atom is -0.491 e. The summed E-state index contributed by atoms with van der Waals surface area (Å²) in [4.78, 5) is 16.7. The number of amides is 1. The summed E-state index contributed by atoms with van der Waals surface area (Å²) in [7, 11) is 0. The highest BCUT2D eigenvalue weighted by atomic mass is 127. The lowest BCUT2D eigenvalue weighted by Gasteiger charge is -2.11. The number of nitrogens with one attached hydrogen (secondary N) is 2. The van der Waals surface area contributed by atoms with Gasteiger partial charge in [0.25, 0.3) is 5.91 Å². The zero-order valence-corrected chi connectivity index (χ0v) is 18.0. The van der Waals surface area contributed by atoms with E-state index in [1.54, 1.807) is 6.07 Å². The maximum absolute atomic E-state index is 11.8. The van der Waals surface area contributed by atoms with E-state index in [1.807, 2.05) is 49.6 Å². The summed E-state index contributed by atoms with van der Waals surface area (Å²) in [5.41, 5.74) is 6.72. The predicted molar refractivity (Wildman–Crippen MR) is 119 cm³/mol. The van der Waals surface area contributed by atoms with Crippen molar-refractivity contribution in [2.75, 3.05) is 18.4 Å². The van der Waals surface area contributed by atoms with E-state index in [0.29, 0.717) is 19.0 Å². The second-order valence-corrected chi connectivity index (χ2v) is 6.62. The third kappa shape index (κ3) is 8.05. The van der Waals surface area contributed by atoms with Crippen molar-refractivity contribution in [3.63, 3.8) is 0 Å². The van der Waals surface area contributed by atoms with Crippen LogP contribution in [0.15, 0.2) is 46.8 Å². The zero-order valence-electron chi connectivity index (χ0n) is 14.9. The van der Waals surface area contributed by atoms with Crippen LogP contribution in [0.5, 0.6) is 5.75 Å². The van der Waals surface area contributed by atoms with Gasteiger partial charge in [0.2, 0.25) is 0 Å². The number of nitrogens with two attached hydrogens (primary N) is 1. The van der Waals surface area contributed by atoms with Gasteiger partial charge < -0.3 is 21.1 Å².